The summed E-state index contributed by atoms with van der Waals surface area (Å²) >= 11 is 0. The molecule has 3 rings (SSSR count). The largest absolute Gasteiger partial charge is 0.497 e. The third-order valence-electron chi connectivity index (χ3n) is 4.96. The predicted octanol–water partition coefficient (Wildman–Crippen LogP) is 3.09. The Bertz CT molecular complexity index is 473. The molecule has 4 nitrogen and oxygen atoms in total. The first kappa shape index (κ1) is 14.7. The van der Waals surface area contributed by atoms with Gasteiger partial charge in [-0.2, -0.15) is 0 Å². The van der Waals surface area contributed by atoms with Gasteiger partial charge in [0.15, 0.2) is 0 Å². The highest BCUT2D eigenvalue weighted by Crippen LogP contribution is 2.47. The number of ether oxygens (including phenoxy) is 3. The molecule has 2 fully saturated rings. The van der Waals surface area contributed by atoms with E-state index in [0.29, 0.717) is 11.5 Å². The van der Waals surface area contributed by atoms with Crippen molar-refractivity contribution in [2.75, 3.05) is 20.8 Å². The Balaban J connectivity index is 1.79. The van der Waals surface area contributed by atoms with Crippen LogP contribution >= 0.6 is 0 Å². The van der Waals surface area contributed by atoms with Crippen LogP contribution in [-0.4, -0.2) is 31.5 Å². The molecule has 0 bridgehead atoms. The highest BCUT2D eigenvalue weighted by atomic mass is 16.5. The molecule has 1 N–H and O–H groups in total. The Morgan fingerprint density at radius 2 is 1.86 bits per heavy atom. The van der Waals surface area contributed by atoms with Crippen molar-refractivity contribution in [3.8, 4) is 11.5 Å². The highest BCUT2D eigenvalue weighted by Gasteiger charge is 2.44. The molecule has 4 heteroatoms. The van der Waals surface area contributed by atoms with Gasteiger partial charge in [0.1, 0.15) is 11.5 Å². The van der Waals surface area contributed by atoms with E-state index < -0.39 is 6.10 Å². The van der Waals surface area contributed by atoms with Crippen LogP contribution in [0.1, 0.15) is 43.8 Å². The molecule has 2 aliphatic rings. The number of aliphatic hydroxyl groups is 1. The maximum Gasteiger partial charge on any atom is 0.122 e. The number of methoxy groups -OCH3 is 2. The molecule has 1 aliphatic carbocycles. The fourth-order valence-electron chi connectivity index (χ4n) is 3.53. The maximum absolute atomic E-state index is 10.8. The van der Waals surface area contributed by atoms with Crippen LogP contribution in [-0.2, 0) is 4.74 Å². The first-order chi connectivity index (χ1) is 10.2. The molecule has 2 atom stereocenters. The average Bonchev–Trinajstić information content (AvgIpc) is 2.52. The van der Waals surface area contributed by atoms with Crippen LogP contribution in [0.25, 0.3) is 0 Å². The van der Waals surface area contributed by atoms with Gasteiger partial charge in [-0.15, -0.1) is 0 Å². The Morgan fingerprint density at radius 3 is 2.38 bits per heavy atom. The second kappa shape index (κ2) is 5.85. The van der Waals surface area contributed by atoms with E-state index in [-0.39, 0.29) is 11.5 Å². The van der Waals surface area contributed by atoms with Crippen LogP contribution in [0.4, 0.5) is 0 Å². The molecule has 21 heavy (non-hydrogen) atoms. The van der Waals surface area contributed by atoms with E-state index in [1.807, 2.05) is 18.2 Å². The summed E-state index contributed by atoms with van der Waals surface area (Å²) < 4.78 is 16.5. The van der Waals surface area contributed by atoms with Crippen LogP contribution in [0.5, 0.6) is 11.5 Å². The average molecular weight is 292 g/mol. The van der Waals surface area contributed by atoms with E-state index >= 15 is 0 Å². The molecule has 1 saturated heterocycles. The lowest BCUT2D eigenvalue weighted by atomic mass is 9.70. The lowest BCUT2D eigenvalue weighted by Crippen LogP contribution is -2.46. The van der Waals surface area contributed by atoms with E-state index in [4.69, 9.17) is 14.2 Å². The number of hydrogen-bond acceptors (Lipinski definition) is 4. The Morgan fingerprint density at radius 1 is 1.19 bits per heavy atom. The van der Waals surface area contributed by atoms with Crippen LogP contribution in [0, 0.1) is 5.92 Å². The Labute approximate surface area is 126 Å². The van der Waals surface area contributed by atoms with E-state index in [1.165, 1.54) is 6.42 Å². The lowest BCUT2D eigenvalue weighted by Gasteiger charge is -2.48. The maximum atomic E-state index is 10.8. The first-order valence-corrected chi connectivity index (χ1v) is 7.71. The predicted molar refractivity (Wildman–Crippen MR) is 79.8 cm³/mol. The smallest absolute Gasteiger partial charge is 0.122 e. The molecule has 0 radical (unpaired) electrons. The minimum absolute atomic E-state index is 0.0485. The topological polar surface area (TPSA) is 47.9 Å². The van der Waals surface area contributed by atoms with Crippen molar-refractivity contribution in [1.29, 1.82) is 0 Å². The lowest BCUT2D eigenvalue weighted by molar-refractivity contribution is -0.157. The second-order valence-electron chi connectivity index (χ2n) is 6.23. The summed E-state index contributed by atoms with van der Waals surface area (Å²) in [7, 11) is 3.26. The summed E-state index contributed by atoms with van der Waals surface area (Å²) in [5, 5.41) is 10.8. The summed E-state index contributed by atoms with van der Waals surface area (Å²) in [6, 6.07) is 5.62. The summed E-state index contributed by atoms with van der Waals surface area (Å²) in [4.78, 5) is 0. The standard InChI is InChI=1S/C17H24O4/c1-19-14-8-13(9-15(10-14)20-2)16(18)12-4-7-21-17(11-12)5-3-6-17/h8-10,12,16,18H,3-7,11H2,1-2H3. The van der Waals surface area contributed by atoms with Crippen molar-refractivity contribution < 1.29 is 19.3 Å². The summed E-state index contributed by atoms with van der Waals surface area (Å²) in [6.07, 6.45) is 4.89. The van der Waals surface area contributed by atoms with Gasteiger partial charge in [-0.1, -0.05) is 0 Å². The molecule has 1 heterocycles. The second-order valence-corrected chi connectivity index (χ2v) is 6.23. The van der Waals surface area contributed by atoms with E-state index in [9.17, 15) is 5.11 Å². The molecular formula is C17H24O4. The highest BCUT2D eigenvalue weighted by molar-refractivity contribution is 5.39. The number of aliphatic hydroxyl groups excluding tert-OH is 1. The zero-order valence-corrected chi connectivity index (χ0v) is 12.8. The summed E-state index contributed by atoms with van der Waals surface area (Å²) in [5.74, 6) is 1.68. The SMILES string of the molecule is COc1cc(OC)cc(C(O)C2CCOC3(CCC3)C2)c1. The van der Waals surface area contributed by atoms with Gasteiger partial charge in [-0.3, -0.25) is 0 Å². The van der Waals surface area contributed by atoms with Crippen molar-refractivity contribution in [2.45, 2.75) is 43.8 Å². The fourth-order valence-corrected chi connectivity index (χ4v) is 3.53. The number of rotatable bonds is 4. The van der Waals surface area contributed by atoms with E-state index in [2.05, 4.69) is 0 Å². The number of benzene rings is 1. The molecule has 1 spiro atoms. The van der Waals surface area contributed by atoms with Gasteiger partial charge in [-0.25, -0.2) is 0 Å². The van der Waals surface area contributed by atoms with Crippen molar-refractivity contribution in [3.63, 3.8) is 0 Å². The molecule has 0 aromatic heterocycles. The van der Waals surface area contributed by atoms with E-state index in [1.54, 1.807) is 14.2 Å². The molecule has 1 saturated carbocycles. The van der Waals surface area contributed by atoms with Crippen molar-refractivity contribution in [3.05, 3.63) is 23.8 Å². The summed E-state index contributed by atoms with van der Waals surface area (Å²) in [5.41, 5.74) is 0.917. The summed E-state index contributed by atoms with van der Waals surface area (Å²) in [6.45, 7) is 0.753. The zero-order chi connectivity index (χ0) is 14.9. The van der Waals surface area contributed by atoms with Gasteiger partial charge in [0.25, 0.3) is 0 Å². The van der Waals surface area contributed by atoms with Gasteiger partial charge in [0.05, 0.1) is 25.9 Å². The third-order valence-corrected chi connectivity index (χ3v) is 4.96. The van der Waals surface area contributed by atoms with Gasteiger partial charge in [-0.05, 0) is 55.7 Å². The Kier molecular flexibility index (Phi) is 4.09. The van der Waals surface area contributed by atoms with Gasteiger partial charge in [0, 0.05) is 12.7 Å². The zero-order valence-electron chi connectivity index (χ0n) is 12.8. The molecule has 1 aliphatic heterocycles. The van der Waals surface area contributed by atoms with Crippen LogP contribution in [0.15, 0.2) is 18.2 Å². The van der Waals surface area contributed by atoms with Crippen molar-refractivity contribution in [1.82, 2.24) is 0 Å². The molecule has 0 amide bonds. The number of hydrogen-bond donors (Lipinski definition) is 1. The first-order valence-electron chi connectivity index (χ1n) is 7.71. The minimum Gasteiger partial charge on any atom is -0.497 e. The molecule has 1 aromatic rings. The minimum atomic E-state index is -0.490. The molecular weight excluding hydrogens is 268 g/mol. The monoisotopic (exact) mass is 292 g/mol. The quantitative estimate of drug-likeness (QED) is 0.926. The van der Waals surface area contributed by atoms with Crippen LogP contribution < -0.4 is 9.47 Å². The van der Waals surface area contributed by atoms with Gasteiger partial charge in [0.2, 0.25) is 0 Å². The fraction of sp³-hybridized carbons (Fsp3) is 0.647. The molecule has 116 valence electrons. The molecule has 1 aromatic carbocycles. The van der Waals surface area contributed by atoms with E-state index in [0.717, 1.165) is 37.9 Å². The normalized spacial score (nSPS) is 25.2. The Hall–Kier alpha value is -1.26. The van der Waals surface area contributed by atoms with Crippen molar-refractivity contribution >= 4 is 0 Å². The third kappa shape index (κ3) is 2.87. The van der Waals surface area contributed by atoms with Crippen LogP contribution in [0.2, 0.25) is 0 Å². The van der Waals surface area contributed by atoms with Gasteiger partial charge < -0.3 is 19.3 Å². The van der Waals surface area contributed by atoms with Gasteiger partial charge >= 0.3 is 0 Å². The van der Waals surface area contributed by atoms with Crippen LogP contribution in [0.3, 0.4) is 0 Å². The molecule has 2 unspecified atom stereocenters. The van der Waals surface area contributed by atoms with Crippen molar-refractivity contribution in [2.24, 2.45) is 5.92 Å².